The van der Waals surface area contributed by atoms with Crippen molar-refractivity contribution in [1.29, 1.82) is 0 Å². The zero-order valence-corrected chi connectivity index (χ0v) is 14.4. The van der Waals surface area contributed by atoms with Gasteiger partial charge in [-0.2, -0.15) is 0 Å². The number of amides is 1. The molecular formula is C21H17N3O3. The lowest BCUT2D eigenvalue weighted by atomic mass is 10.2. The van der Waals surface area contributed by atoms with Crippen LogP contribution in [0.25, 0.3) is 6.08 Å². The van der Waals surface area contributed by atoms with E-state index in [4.69, 9.17) is 0 Å². The van der Waals surface area contributed by atoms with E-state index in [-0.39, 0.29) is 11.6 Å². The van der Waals surface area contributed by atoms with Gasteiger partial charge in [0.1, 0.15) is 5.82 Å². The normalized spacial score (nSPS) is 10.7. The Hall–Kier alpha value is -3.80. The van der Waals surface area contributed by atoms with Gasteiger partial charge in [0, 0.05) is 24.4 Å². The van der Waals surface area contributed by atoms with Gasteiger partial charge in [-0.15, -0.1) is 0 Å². The van der Waals surface area contributed by atoms with Crippen LogP contribution in [-0.4, -0.2) is 15.8 Å². The van der Waals surface area contributed by atoms with Gasteiger partial charge in [-0.25, -0.2) is 4.98 Å². The molecular weight excluding hydrogens is 342 g/mol. The van der Waals surface area contributed by atoms with Crippen LogP contribution in [0, 0.1) is 10.1 Å². The Kier molecular flexibility index (Phi) is 5.69. The number of aromatic nitrogens is 1. The highest BCUT2D eigenvalue weighted by molar-refractivity contribution is 6.03. The van der Waals surface area contributed by atoms with Crippen LogP contribution in [0.1, 0.15) is 11.1 Å². The molecule has 2 aromatic carbocycles. The fourth-order valence-electron chi connectivity index (χ4n) is 2.52. The van der Waals surface area contributed by atoms with E-state index in [1.807, 2.05) is 36.4 Å². The maximum atomic E-state index is 12.8. The van der Waals surface area contributed by atoms with Crippen LogP contribution >= 0.6 is 0 Å². The molecule has 0 aliphatic rings. The molecule has 0 aliphatic heterocycles. The highest BCUT2D eigenvalue weighted by Crippen LogP contribution is 2.16. The molecule has 1 aromatic heterocycles. The second-order valence-corrected chi connectivity index (χ2v) is 5.78. The van der Waals surface area contributed by atoms with Crippen LogP contribution < -0.4 is 4.90 Å². The fraction of sp³-hybridized carbons (Fsp3) is 0.0476. The van der Waals surface area contributed by atoms with E-state index in [0.717, 1.165) is 5.56 Å². The average molecular weight is 359 g/mol. The second kappa shape index (κ2) is 8.53. The first-order chi connectivity index (χ1) is 13.1. The number of non-ortho nitro benzene ring substituents is 1. The first-order valence-corrected chi connectivity index (χ1v) is 8.32. The summed E-state index contributed by atoms with van der Waals surface area (Å²) in [5.74, 6) is 0.329. The number of benzene rings is 2. The van der Waals surface area contributed by atoms with Crippen molar-refractivity contribution in [2.75, 3.05) is 4.90 Å². The van der Waals surface area contributed by atoms with Crippen LogP contribution in [0.4, 0.5) is 11.5 Å². The summed E-state index contributed by atoms with van der Waals surface area (Å²) in [6, 6.07) is 21.1. The zero-order chi connectivity index (χ0) is 19.1. The molecule has 0 saturated heterocycles. The maximum Gasteiger partial charge on any atom is 0.269 e. The number of nitro benzene ring substituents is 1. The van der Waals surface area contributed by atoms with Gasteiger partial charge in [-0.1, -0.05) is 36.4 Å². The number of carbonyl (C=O) groups is 1. The van der Waals surface area contributed by atoms with Gasteiger partial charge in [0.25, 0.3) is 11.6 Å². The Bertz CT molecular complexity index is 939. The number of hydrogen-bond acceptors (Lipinski definition) is 4. The molecule has 134 valence electrons. The van der Waals surface area contributed by atoms with Gasteiger partial charge in [-0.3, -0.25) is 19.8 Å². The highest BCUT2D eigenvalue weighted by Gasteiger charge is 2.15. The molecule has 0 unspecified atom stereocenters. The molecule has 6 nitrogen and oxygen atoms in total. The number of hydrogen-bond donors (Lipinski definition) is 0. The molecule has 0 radical (unpaired) electrons. The Labute approximate surface area is 156 Å². The van der Waals surface area contributed by atoms with E-state index in [1.165, 1.54) is 18.2 Å². The summed E-state index contributed by atoms with van der Waals surface area (Å²) in [4.78, 5) is 28.9. The monoisotopic (exact) mass is 359 g/mol. The van der Waals surface area contributed by atoms with Gasteiger partial charge in [-0.05, 0) is 41.5 Å². The summed E-state index contributed by atoms with van der Waals surface area (Å²) < 4.78 is 0. The number of nitrogens with zero attached hydrogens (tertiary/aromatic N) is 3. The number of pyridine rings is 1. The largest absolute Gasteiger partial charge is 0.289 e. The molecule has 27 heavy (non-hydrogen) atoms. The molecule has 0 fully saturated rings. The van der Waals surface area contributed by atoms with Crippen molar-refractivity contribution in [3.8, 4) is 0 Å². The molecule has 3 aromatic rings. The molecule has 0 atom stereocenters. The van der Waals surface area contributed by atoms with Crippen LogP contribution in [0.2, 0.25) is 0 Å². The van der Waals surface area contributed by atoms with Crippen LogP contribution in [0.15, 0.2) is 85.1 Å². The Morgan fingerprint density at radius 1 is 1.00 bits per heavy atom. The van der Waals surface area contributed by atoms with Gasteiger partial charge in [0.15, 0.2) is 0 Å². The van der Waals surface area contributed by atoms with Crippen LogP contribution in [-0.2, 0) is 11.3 Å². The van der Waals surface area contributed by atoms with Crippen molar-refractivity contribution in [3.05, 3.63) is 106 Å². The Morgan fingerprint density at radius 3 is 2.33 bits per heavy atom. The number of anilines is 1. The molecule has 0 spiro atoms. The van der Waals surface area contributed by atoms with Crippen molar-refractivity contribution in [1.82, 2.24) is 4.98 Å². The quantitative estimate of drug-likeness (QED) is 0.375. The Morgan fingerprint density at radius 2 is 1.70 bits per heavy atom. The Balaban J connectivity index is 1.81. The lowest BCUT2D eigenvalue weighted by Gasteiger charge is -2.20. The lowest BCUT2D eigenvalue weighted by Crippen LogP contribution is -2.29. The summed E-state index contributed by atoms with van der Waals surface area (Å²) in [6.45, 7) is 0.390. The van der Waals surface area contributed by atoms with E-state index >= 15 is 0 Å². The third-order valence-corrected chi connectivity index (χ3v) is 3.90. The predicted molar refractivity (Wildman–Crippen MR) is 104 cm³/mol. The van der Waals surface area contributed by atoms with Crippen LogP contribution in [0.5, 0.6) is 0 Å². The summed E-state index contributed by atoms with van der Waals surface area (Å²) in [6.07, 6.45) is 4.71. The fourth-order valence-corrected chi connectivity index (χ4v) is 2.52. The average Bonchev–Trinajstić information content (AvgIpc) is 2.72. The standard InChI is InChI=1S/C21H17N3O3/c25-21(14-11-17-9-12-19(13-10-17)24(26)27)23(20-8-4-5-15-22-20)16-18-6-2-1-3-7-18/h1-15H,16H2/b14-11+. The number of nitro groups is 1. The summed E-state index contributed by atoms with van der Waals surface area (Å²) >= 11 is 0. The van der Waals surface area contributed by atoms with Gasteiger partial charge in [0.05, 0.1) is 11.5 Å². The smallest absolute Gasteiger partial charge is 0.269 e. The minimum atomic E-state index is -0.457. The molecule has 6 heteroatoms. The molecule has 0 N–H and O–H groups in total. The molecule has 1 heterocycles. The van der Waals surface area contributed by atoms with E-state index in [0.29, 0.717) is 17.9 Å². The van der Waals surface area contributed by atoms with E-state index in [2.05, 4.69) is 4.98 Å². The summed E-state index contributed by atoms with van der Waals surface area (Å²) in [5, 5.41) is 10.7. The minimum Gasteiger partial charge on any atom is -0.289 e. The van der Waals surface area contributed by atoms with E-state index in [1.54, 1.807) is 41.4 Å². The highest BCUT2D eigenvalue weighted by atomic mass is 16.6. The van der Waals surface area contributed by atoms with E-state index < -0.39 is 4.92 Å². The maximum absolute atomic E-state index is 12.8. The first kappa shape index (κ1) is 18.0. The molecule has 0 bridgehead atoms. The van der Waals surface area contributed by atoms with Crippen molar-refractivity contribution in [3.63, 3.8) is 0 Å². The SMILES string of the molecule is O=C(/C=C/c1ccc([N+](=O)[O-])cc1)N(Cc1ccccc1)c1ccccn1. The molecule has 3 rings (SSSR count). The van der Waals surface area contributed by atoms with E-state index in [9.17, 15) is 14.9 Å². The number of carbonyl (C=O) groups excluding carboxylic acids is 1. The third kappa shape index (κ3) is 4.85. The van der Waals surface area contributed by atoms with Gasteiger partial charge in [0.2, 0.25) is 0 Å². The lowest BCUT2D eigenvalue weighted by molar-refractivity contribution is -0.384. The van der Waals surface area contributed by atoms with Crippen molar-refractivity contribution < 1.29 is 9.72 Å². The first-order valence-electron chi connectivity index (χ1n) is 8.32. The second-order valence-electron chi connectivity index (χ2n) is 5.78. The van der Waals surface area contributed by atoms with Crippen LogP contribution in [0.3, 0.4) is 0 Å². The van der Waals surface area contributed by atoms with Gasteiger partial charge >= 0.3 is 0 Å². The summed E-state index contributed by atoms with van der Waals surface area (Å²) in [7, 11) is 0. The molecule has 0 saturated carbocycles. The van der Waals surface area contributed by atoms with Gasteiger partial charge < -0.3 is 0 Å². The zero-order valence-electron chi connectivity index (χ0n) is 14.4. The molecule has 1 amide bonds. The van der Waals surface area contributed by atoms with Crippen molar-refractivity contribution in [2.24, 2.45) is 0 Å². The topological polar surface area (TPSA) is 76.3 Å². The third-order valence-electron chi connectivity index (χ3n) is 3.90. The molecule has 0 aliphatic carbocycles. The summed E-state index contributed by atoms with van der Waals surface area (Å²) in [5.41, 5.74) is 1.70. The van der Waals surface area contributed by atoms with Crippen molar-refractivity contribution in [2.45, 2.75) is 6.54 Å². The number of rotatable bonds is 6. The predicted octanol–water partition coefficient (Wildman–Crippen LogP) is 4.24. The minimum absolute atomic E-state index is 0.0117. The van der Waals surface area contributed by atoms with Crippen molar-refractivity contribution >= 4 is 23.5 Å².